The van der Waals surface area contributed by atoms with E-state index in [2.05, 4.69) is 22.1 Å². The zero-order chi connectivity index (χ0) is 11.8. The second-order valence-electron chi connectivity index (χ2n) is 4.50. The Morgan fingerprint density at radius 3 is 3.12 bits per heavy atom. The quantitative estimate of drug-likeness (QED) is 0.636. The van der Waals surface area contributed by atoms with E-state index in [4.69, 9.17) is 0 Å². The van der Waals surface area contributed by atoms with Crippen molar-refractivity contribution in [2.24, 2.45) is 5.92 Å². The fourth-order valence-electron chi connectivity index (χ4n) is 2.07. The summed E-state index contributed by atoms with van der Waals surface area (Å²) in [4.78, 5) is 13.5. The summed E-state index contributed by atoms with van der Waals surface area (Å²) in [7, 11) is 2.00. The Morgan fingerprint density at radius 2 is 2.50 bits per heavy atom. The van der Waals surface area contributed by atoms with Gasteiger partial charge in [-0.1, -0.05) is 6.08 Å². The molecule has 2 N–H and O–H groups in total. The van der Waals surface area contributed by atoms with Crippen molar-refractivity contribution in [2.75, 3.05) is 39.8 Å². The minimum atomic E-state index is 0.0752. The highest BCUT2D eigenvalue weighted by Crippen LogP contribution is 2.10. The number of piperidine rings is 1. The SMILES string of the molecule is C=CCNC(=O)CN(C)CC1CCCNC1. The predicted octanol–water partition coefficient (Wildman–Crippen LogP) is 0.220. The molecule has 16 heavy (non-hydrogen) atoms. The molecule has 1 aliphatic heterocycles. The number of hydrogen-bond donors (Lipinski definition) is 2. The standard InChI is InChI=1S/C12H23N3O/c1-3-6-14-12(16)10-15(2)9-11-5-4-7-13-8-11/h3,11,13H,1,4-10H2,2H3,(H,14,16). The van der Waals surface area contributed by atoms with Crippen LogP contribution in [0.25, 0.3) is 0 Å². The van der Waals surface area contributed by atoms with Gasteiger partial charge in [-0.3, -0.25) is 9.69 Å². The first kappa shape index (κ1) is 13.2. The van der Waals surface area contributed by atoms with Crippen LogP contribution in [0, 0.1) is 5.92 Å². The topological polar surface area (TPSA) is 44.4 Å². The lowest BCUT2D eigenvalue weighted by atomic mass is 9.99. The maximum atomic E-state index is 11.4. The molecule has 0 aromatic heterocycles. The van der Waals surface area contributed by atoms with E-state index in [0.717, 1.165) is 19.6 Å². The molecule has 4 nitrogen and oxygen atoms in total. The molecule has 0 aromatic carbocycles. The van der Waals surface area contributed by atoms with Crippen molar-refractivity contribution in [2.45, 2.75) is 12.8 Å². The Balaban J connectivity index is 2.15. The Kier molecular flexibility index (Phi) is 6.11. The zero-order valence-electron chi connectivity index (χ0n) is 10.2. The van der Waals surface area contributed by atoms with Crippen LogP contribution in [-0.2, 0) is 4.79 Å². The molecule has 1 atom stereocenters. The third-order valence-corrected chi connectivity index (χ3v) is 2.83. The molecule has 1 unspecified atom stereocenters. The van der Waals surface area contributed by atoms with Crippen molar-refractivity contribution < 1.29 is 4.79 Å². The van der Waals surface area contributed by atoms with Gasteiger partial charge in [0.05, 0.1) is 6.54 Å². The molecule has 1 aliphatic rings. The third kappa shape index (κ3) is 5.28. The van der Waals surface area contributed by atoms with Crippen LogP contribution in [-0.4, -0.2) is 50.6 Å². The van der Waals surface area contributed by atoms with Crippen LogP contribution in [0.5, 0.6) is 0 Å². The molecule has 1 amide bonds. The van der Waals surface area contributed by atoms with Gasteiger partial charge in [0.2, 0.25) is 5.91 Å². The molecular formula is C12H23N3O. The van der Waals surface area contributed by atoms with Crippen LogP contribution >= 0.6 is 0 Å². The van der Waals surface area contributed by atoms with Gasteiger partial charge in [0, 0.05) is 13.1 Å². The van der Waals surface area contributed by atoms with E-state index in [0.29, 0.717) is 19.0 Å². The molecule has 1 rings (SSSR count). The van der Waals surface area contributed by atoms with Gasteiger partial charge in [0.1, 0.15) is 0 Å². The Labute approximate surface area is 98.1 Å². The number of nitrogens with one attached hydrogen (secondary N) is 2. The van der Waals surface area contributed by atoms with E-state index < -0.39 is 0 Å². The summed E-state index contributed by atoms with van der Waals surface area (Å²) in [6, 6.07) is 0. The smallest absolute Gasteiger partial charge is 0.234 e. The maximum absolute atomic E-state index is 11.4. The third-order valence-electron chi connectivity index (χ3n) is 2.83. The minimum absolute atomic E-state index is 0.0752. The molecular weight excluding hydrogens is 202 g/mol. The van der Waals surface area contributed by atoms with Gasteiger partial charge in [-0.2, -0.15) is 0 Å². The van der Waals surface area contributed by atoms with Gasteiger partial charge in [0.15, 0.2) is 0 Å². The first-order valence-corrected chi connectivity index (χ1v) is 5.99. The molecule has 1 saturated heterocycles. The number of carbonyl (C=O) groups is 1. The first-order chi connectivity index (χ1) is 7.72. The minimum Gasteiger partial charge on any atom is -0.352 e. The van der Waals surface area contributed by atoms with Crippen LogP contribution in [0.4, 0.5) is 0 Å². The fraction of sp³-hybridized carbons (Fsp3) is 0.750. The summed E-state index contributed by atoms with van der Waals surface area (Å²) in [5.74, 6) is 0.761. The highest BCUT2D eigenvalue weighted by Gasteiger charge is 2.15. The van der Waals surface area contributed by atoms with Crippen LogP contribution in [0.3, 0.4) is 0 Å². The molecule has 1 fully saturated rings. The van der Waals surface area contributed by atoms with Crippen LogP contribution < -0.4 is 10.6 Å². The molecule has 0 saturated carbocycles. The van der Waals surface area contributed by atoms with Crippen molar-refractivity contribution in [3.8, 4) is 0 Å². The molecule has 92 valence electrons. The summed E-state index contributed by atoms with van der Waals surface area (Å²) in [6.45, 7) is 7.81. The predicted molar refractivity (Wildman–Crippen MR) is 66.3 cm³/mol. The van der Waals surface area contributed by atoms with E-state index in [9.17, 15) is 4.79 Å². The summed E-state index contributed by atoms with van der Waals surface area (Å²) in [5, 5.41) is 6.17. The van der Waals surface area contributed by atoms with Crippen molar-refractivity contribution >= 4 is 5.91 Å². The van der Waals surface area contributed by atoms with E-state index >= 15 is 0 Å². The average molecular weight is 225 g/mol. The van der Waals surface area contributed by atoms with Crippen molar-refractivity contribution in [3.05, 3.63) is 12.7 Å². The molecule has 0 bridgehead atoms. The van der Waals surface area contributed by atoms with E-state index in [1.54, 1.807) is 6.08 Å². The largest absolute Gasteiger partial charge is 0.352 e. The van der Waals surface area contributed by atoms with E-state index in [1.807, 2.05) is 7.05 Å². The van der Waals surface area contributed by atoms with Gasteiger partial charge in [-0.25, -0.2) is 0 Å². The second kappa shape index (κ2) is 7.41. The van der Waals surface area contributed by atoms with Crippen LogP contribution in [0.1, 0.15) is 12.8 Å². The van der Waals surface area contributed by atoms with Crippen LogP contribution in [0.2, 0.25) is 0 Å². The number of likely N-dealkylation sites (N-methyl/N-ethyl adjacent to an activating group) is 1. The van der Waals surface area contributed by atoms with Gasteiger partial charge < -0.3 is 10.6 Å². The Morgan fingerprint density at radius 1 is 1.69 bits per heavy atom. The maximum Gasteiger partial charge on any atom is 0.234 e. The molecule has 0 radical (unpaired) electrons. The van der Waals surface area contributed by atoms with Crippen molar-refractivity contribution in [3.63, 3.8) is 0 Å². The second-order valence-corrected chi connectivity index (χ2v) is 4.50. The molecule has 1 heterocycles. The first-order valence-electron chi connectivity index (χ1n) is 5.99. The number of carbonyl (C=O) groups excluding carboxylic acids is 1. The number of nitrogens with zero attached hydrogens (tertiary/aromatic N) is 1. The van der Waals surface area contributed by atoms with Gasteiger partial charge >= 0.3 is 0 Å². The molecule has 0 spiro atoms. The fourth-order valence-corrected chi connectivity index (χ4v) is 2.07. The molecule has 4 heteroatoms. The van der Waals surface area contributed by atoms with Gasteiger partial charge in [-0.15, -0.1) is 6.58 Å². The number of rotatable bonds is 6. The van der Waals surface area contributed by atoms with E-state index in [1.165, 1.54) is 12.8 Å². The lowest BCUT2D eigenvalue weighted by Gasteiger charge is -2.27. The van der Waals surface area contributed by atoms with Gasteiger partial charge in [-0.05, 0) is 38.9 Å². The van der Waals surface area contributed by atoms with Crippen LogP contribution in [0.15, 0.2) is 12.7 Å². The Bertz CT molecular complexity index is 224. The van der Waals surface area contributed by atoms with E-state index in [-0.39, 0.29) is 5.91 Å². The molecule has 0 aliphatic carbocycles. The monoisotopic (exact) mass is 225 g/mol. The lowest BCUT2D eigenvalue weighted by Crippen LogP contribution is -2.41. The summed E-state index contributed by atoms with van der Waals surface area (Å²) in [6.07, 6.45) is 4.22. The average Bonchev–Trinajstić information content (AvgIpc) is 2.27. The summed E-state index contributed by atoms with van der Waals surface area (Å²) >= 11 is 0. The lowest BCUT2D eigenvalue weighted by molar-refractivity contribution is -0.121. The number of hydrogen-bond acceptors (Lipinski definition) is 3. The number of amides is 1. The highest BCUT2D eigenvalue weighted by molar-refractivity contribution is 5.78. The van der Waals surface area contributed by atoms with Crippen molar-refractivity contribution in [1.29, 1.82) is 0 Å². The summed E-state index contributed by atoms with van der Waals surface area (Å²) < 4.78 is 0. The normalized spacial score (nSPS) is 20.8. The zero-order valence-corrected chi connectivity index (χ0v) is 10.2. The molecule has 0 aromatic rings. The summed E-state index contributed by atoms with van der Waals surface area (Å²) in [5.41, 5.74) is 0. The van der Waals surface area contributed by atoms with Crippen molar-refractivity contribution in [1.82, 2.24) is 15.5 Å². The highest BCUT2D eigenvalue weighted by atomic mass is 16.1. The Hall–Kier alpha value is -0.870. The van der Waals surface area contributed by atoms with Gasteiger partial charge in [0.25, 0.3) is 0 Å².